The SMILES string of the molecule is COc1cc(/C=C2\SC(=S)NC2=O)cc(Br)c1OCC(=O)Nc1ccccc1Cl. The van der Waals surface area contributed by atoms with Crippen molar-refractivity contribution in [2.45, 2.75) is 0 Å². The molecule has 10 heteroatoms. The van der Waals surface area contributed by atoms with E-state index in [2.05, 4.69) is 26.6 Å². The minimum Gasteiger partial charge on any atom is -0.493 e. The van der Waals surface area contributed by atoms with Crippen LogP contribution in [0.3, 0.4) is 0 Å². The average molecular weight is 514 g/mol. The first kappa shape index (κ1) is 21.6. The van der Waals surface area contributed by atoms with Crippen molar-refractivity contribution < 1.29 is 19.1 Å². The number of nitrogens with one attached hydrogen (secondary N) is 2. The lowest BCUT2D eigenvalue weighted by Crippen LogP contribution is -2.20. The molecule has 3 rings (SSSR count). The summed E-state index contributed by atoms with van der Waals surface area (Å²) in [5.74, 6) is 0.156. The normalized spacial score (nSPS) is 14.7. The van der Waals surface area contributed by atoms with Gasteiger partial charge in [0.25, 0.3) is 11.8 Å². The quantitative estimate of drug-likeness (QED) is 0.434. The van der Waals surface area contributed by atoms with E-state index < -0.39 is 0 Å². The second kappa shape index (κ2) is 9.62. The second-order valence-corrected chi connectivity index (χ2v) is 8.68. The third-order valence-corrected chi connectivity index (χ3v) is 5.77. The van der Waals surface area contributed by atoms with E-state index in [9.17, 15) is 9.59 Å². The van der Waals surface area contributed by atoms with E-state index in [4.69, 9.17) is 33.3 Å². The molecule has 0 spiro atoms. The zero-order valence-corrected chi connectivity index (χ0v) is 18.9. The van der Waals surface area contributed by atoms with Gasteiger partial charge in [-0.1, -0.05) is 47.7 Å². The molecule has 1 aliphatic rings. The van der Waals surface area contributed by atoms with Crippen LogP contribution in [0.25, 0.3) is 6.08 Å². The molecule has 0 unspecified atom stereocenters. The number of amides is 2. The lowest BCUT2D eigenvalue weighted by Gasteiger charge is -2.14. The molecule has 0 saturated carbocycles. The molecule has 2 amide bonds. The van der Waals surface area contributed by atoms with Crippen LogP contribution in [0.1, 0.15) is 5.56 Å². The van der Waals surface area contributed by atoms with Crippen molar-refractivity contribution in [3.63, 3.8) is 0 Å². The Morgan fingerprint density at radius 1 is 1.38 bits per heavy atom. The third-order valence-electron chi connectivity index (χ3n) is 3.69. The Bertz CT molecular complexity index is 1030. The highest BCUT2D eigenvalue weighted by atomic mass is 79.9. The Kier molecular flexibility index (Phi) is 7.18. The van der Waals surface area contributed by atoms with Crippen molar-refractivity contribution >= 4 is 79.4 Å². The van der Waals surface area contributed by atoms with Crippen molar-refractivity contribution in [1.29, 1.82) is 0 Å². The number of benzene rings is 2. The van der Waals surface area contributed by atoms with Crippen LogP contribution in [0.4, 0.5) is 5.69 Å². The van der Waals surface area contributed by atoms with E-state index in [1.165, 1.54) is 18.9 Å². The maximum atomic E-state index is 12.2. The van der Waals surface area contributed by atoms with Gasteiger partial charge in [-0.15, -0.1) is 0 Å². The van der Waals surface area contributed by atoms with E-state index >= 15 is 0 Å². The van der Waals surface area contributed by atoms with Crippen LogP contribution in [0.2, 0.25) is 5.02 Å². The smallest absolute Gasteiger partial charge is 0.263 e. The van der Waals surface area contributed by atoms with Gasteiger partial charge in [-0.3, -0.25) is 9.59 Å². The van der Waals surface area contributed by atoms with Gasteiger partial charge in [0.1, 0.15) is 4.32 Å². The topological polar surface area (TPSA) is 76.7 Å². The van der Waals surface area contributed by atoms with E-state index in [1.807, 2.05) is 0 Å². The van der Waals surface area contributed by atoms with Crippen molar-refractivity contribution in [2.24, 2.45) is 0 Å². The molecular weight excluding hydrogens is 500 g/mol. The van der Waals surface area contributed by atoms with Gasteiger partial charge in [0.05, 0.1) is 27.2 Å². The number of halogens is 2. The number of methoxy groups -OCH3 is 1. The zero-order chi connectivity index (χ0) is 21.0. The van der Waals surface area contributed by atoms with E-state index in [1.54, 1.807) is 42.5 Å². The number of thiocarbonyl (C=S) groups is 1. The van der Waals surface area contributed by atoms with Crippen molar-refractivity contribution in [2.75, 3.05) is 19.0 Å². The lowest BCUT2D eigenvalue weighted by molar-refractivity contribution is -0.118. The van der Waals surface area contributed by atoms with Gasteiger partial charge >= 0.3 is 0 Å². The van der Waals surface area contributed by atoms with Crippen LogP contribution >= 0.6 is 51.5 Å². The molecule has 1 aliphatic heterocycles. The second-order valence-electron chi connectivity index (χ2n) is 5.70. The average Bonchev–Trinajstić information content (AvgIpc) is 2.99. The van der Waals surface area contributed by atoms with Gasteiger partial charge < -0.3 is 20.1 Å². The molecule has 1 heterocycles. The minimum atomic E-state index is -0.370. The summed E-state index contributed by atoms with van der Waals surface area (Å²) in [7, 11) is 1.49. The van der Waals surface area contributed by atoms with Gasteiger partial charge in [0.2, 0.25) is 0 Å². The molecule has 2 aromatic rings. The first-order chi connectivity index (χ1) is 13.9. The molecule has 0 aromatic heterocycles. The monoisotopic (exact) mass is 512 g/mol. The number of para-hydroxylation sites is 1. The fraction of sp³-hybridized carbons (Fsp3) is 0.105. The Morgan fingerprint density at radius 2 is 2.14 bits per heavy atom. The molecule has 0 atom stereocenters. The Hall–Kier alpha value is -2.07. The summed E-state index contributed by atoms with van der Waals surface area (Å²) in [6.45, 7) is -0.243. The van der Waals surface area contributed by atoms with Gasteiger partial charge in [-0.25, -0.2) is 0 Å². The summed E-state index contributed by atoms with van der Waals surface area (Å²) in [6.07, 6.45) is 1.69. The van der Waals surface area contributed by atoms with E-state index in [-0.39, 0.29) is 18.4 Å². The summed E-state index contributed by atoms with van der Waals surface area (Å²) in [6, 6.07) is 10.4. The highest BCUT2D eigenvalue weighted by Crippen LogP contribution is 2.38. The van der Waals surface area contributed by atoms with Crippen LogP contribution in [0, 0.1) is 0 Å². The zero-order valence-electron chi connectivity index (χ0n) is 15.0. The van der Waals surface area contributed by atoms with Crippen molar-refractivity contribution in [3.8, 4) is 11.5 Å². The van der Waals surface area contributed by atoms with Crippen molar-refractivity contribution in [3.05, 3.63) is 56.4 Å². The van der Waals surface area contributed by atoms with E-state index in [0.717, 1.165) is 0 Å². The van der Waals surface area contributed by atoms with Crippen molar-refractivity contribution in [1.82, 2.24) is 5.32 Å². The number of carbonyl (C=O) groups excluding carboxylic acids is 2. The molecule has 1 saturated heterocycles. The molecule has 29 heavy (non-hydrogen) atoms. The fourth-order valence-corrected chi connectivity index (χ4v) is 4.22. The maximum Gasteiger partial charge on any atom is 0.263 e. The lowest BCUT2D eigenvalue weighted by atomic mass is 10.2. The molecule has 6 nitrogen and oxygen atoms in total. The molecule has 0 bridgehead atoms. The van der Waals surface area contributed by atoms with Crippen LogP contribution < -0.4 is 20.1 Å². The number of carbonyl (C=O) groups is 2. The molecular formula is C19H14BrClN2O4S2. The first-order valence-corrected chi connectivity index (χ1v) is 10.6. The van der Waals surface area contributed by atoms with Gasteiger partial charge in [0, 0.05) is 0 Å². The Labute approximate surface area is 190 Å². The highest BCUT2D eigenvalue weighted by Gasteiger charge is 2.22. The third kappa shape index (κ3) is 5.51. The predicted octanol–water partition coefficient (Wildman–Crippen LogP) is 4.62. The van der Waals surface area contributed by atoms with Crippen LogP contribution in [-0.2, 0) is 9.59 Å². The molecule has 150 valence electrons. The van der Waals surface area contributed by atoms with Crippen LogP contribution in [0.5, 0.6) is 11.5 Å². The predicted molar refractivity (Wildman–Crippen MR) is 123 cm³/mol. The number of hydrogen-bond acceptors (Lipinski definition) is 6. The Balaban J connectivity index is 1.73. The van der Waals surface area contributed by atoms with Gasteiger partial charge in [-0.2, -0.15) is 0 Å². The summed E-state index contributed by atoms with van der Waals surface area (Å²) in [5, 5.41) is 5.68. The Morgan fingerprint density at radius 3 is 2.79 bits per heavy atom. The molecule has 0 aliphatic carbocycles. The number of hydrogen-bond donors (Lipinski definition) is 2. The number of rotatable bonds is 6. The molecule has 2 aromatic carbocycles. The minimum absolute atomic E-state index is 0.243. The molecule has 0 radical (unpaired) electrons. The summed E-state index contributed by atoms with van der Waals surface area (Å²) in [5.41, 5.74) is 1.21. The first-order valence-electron chi connectivity index (χ1n) is 8.17. The fourth-order valence-electron chi connectivity index (χ4n) is 2.42. The highest BCUT2D eigenvalue weighted by molar-refractivity contribution is 9.10. The number of anilines is 1. The van der Waals surface area contributed by atoms with Crippen LogP contribution in [0.15, 0.2) is 45.8 Å². The van der Waals surface area contributed by atoms with Gasteiger partial charge in [-0.05, 0) is 51.8 Å². The summed E-state index contributed by atoms with van der Waals surface area (Å²) >= 11 is 15.6. The van der Waals surface area contributed by atoms with E-state index in [0.29, 0.717) is 41.5 Å². The number of thioether (sulfide) groups is 1. The molecule has 1 fully saturated rings. The summed E-state index contributed by atoms with van der Waals surface area (Å²) < 4.78 is 12.0. The van der Waals surface area contributed by atoms with Crippen LogP contribution in [-0.4, -0.2) is 29.9 Å². The maximum absolute atomic E-state index is 12.2. The molecule has 2 N–H and O–H groups in total. The standard InChI is InChI=1S/C19H14BrClN2O4S2/c1-26-14-7-10(8-15-18(25)23-19(28)29-15)6-11(20)17(14)27-9-16(24)22-13-5-3-2-4-12(13)21/h2-8H,9H2,1H3,(H,22,24)(H,23,25,28)/b15-8-. The number of ether oxygens (including phenoxy) is 2. The summed E-state index contributed by atoms with van der Waals surface area (Å²) in [4.78, 5) is 24.5. The largest absolute Gasteiger partial charge is 0.493 e. The van der Waals surface area contributed by atoms with Gasteiger partial charge in [0.15, 0.2) is 18.1 Å².